The number of nitrogens with zero attached hydrogens (tertiary/aromatic N) is 2. The van der Waals surface area contributed by atoms with Crippen molar-refractivity contribution in [3.63, 3.8) is 0 Å². The molecule has 0 radical (unpaired) electrons. The number of carbonyl (C=O) groups excluding carboxylic acids is 2. The molecule has 0 atom stereocenters. The molecular weight excluding hydrogens is 344 g/mol. The Morgan fingerprint density at radius 2 is 1.92 bits per heavy atom. The number of aromatic nitrogens is 1. The Kier molecular flexibility index (Phi) is 5.68. The molecule has 26 heavy (non-hydrogen) atoms. The third-order valence-electron chi connectivity index (χ3n) is 3.32. The van der Waals surface area contributed by atoms with Gasteiger partial charge in [0.2, 0.25) is 0 Å². The number of nitro groups is 1. The molecule has 1 heterocycles. The summed E-state index contributed by atoms with van der Waals surface area (Å²) in [6, 6.07) is 7.00. The second-order valence-corrected chi connectivity index (χ2v) is 5.41. The number of ether oxygens (including phenoxy) is 1. The zero-order chi connectivity index (χ0) is 19.3. The van der Waals surface area contributed by atoms with Crippen LogP contribution in [0.25, 0.3) is 0 Å². The summed E-state index contributed by atoms with van der Waals surface area (Å²) in [7, 11) is 3.22. The molecule has 136 valence electrons. The minimum Gasteiger partial charge on any atom is -0.484 e. The zero-order valence-electron chi connectivity index (χ0n) is 14.0. The van der Waals surface area contributed by atoms with E-state index in [9.17, 15) is 24.5 Å². The second kappa shape index (κ2) is 7.92. The van der Waals surface area contributed by atoms with Crippen LogP contribution in [0.3, 0.4) is 0 Å². The number of rotatable bonds is 6. The number of benzene rings is 1. The Bertz CT molecular complexity index is 888. The number of pyridine rings is 1. The lowest BCUT2D eigenvalue weighted by Crippen LogP contribution is -2.27. The van der Waals surface area contributed by atoms with Crippen molar-refractivity contribution in [2.75, 3.05) is 26.0 Å². The van der Waals surface area contributed by atoms with E-state index in [2.05, 4.69) is 10.3 Å². The van der Waals surface area contributed by atoms with E-state index >= 15 is 0 Å². The molecule has 10 heteroatoms. The highest BCUT2D eigenvalue weighted by Gasteiger charge is 2.16. The van der Waals surface area contributed by atoms with E-state index in [1.165, 1.54) is 29.2 Å². The third kappa shape index (κ3) is 4.66. The minimum absolute atomic E-state index is 0.123. The topological polar surface area (TPSA) is 135 Å². The number of nitrogens with one attached hydrogen (secondary N) is 2. The summed E-state index contributed by atoms with van der Waals surface area (Å²) in [5, 5.41) is 13.2. The first-order valence-electron chi connectivity index (χ1n) is 7.39. The SMILES string of the molecule is CN(C)C(=O)COc1ccc(NC(=O)c2cc([N+](=O)[O-])c[nH]c2=O)cc1. The summed E-state index contributed by atoms with van der Waals surface area (Å²) in [6.45, 7) is -0.123. The highest BCUT2D eigenvalue weighted by Crippen LogP contribution is 2.17. The lowest BCUT2D eigenvalue weighted by atomic mass is 10.2. The van der Waals surface area contributed by atoms with Gasteiger partial charge in [0.05, 0.1) is 11.1 Å². The highest BCUT2D eigenvalue weighted by molar-refractivity contribution is 6.04. The number of anilines is 1. The maximum Gasteiger partial charge on any atom is 0.286 e. The molecule has 0 bridgehead atoms. The predicted octanol–water partition coefficient (Wildman–Crippen LogP) is 1.00. The van der Waals surface area contributed by atoms with Crippen LogP contribution in [0, 0.1) is 10.1 Å². The van der Waals surface area contributed by atoms with Crippen molar-refractivity contribution in [2.24, 2.45) is 0 Å². The highest BCUT2D eigenvalue weighted by atomic mass is 16.6. The molecule has 0 saturated heterocycles. The van der Waals surface area contributed by atoms with Gasteiger partial charge in [0.25, 0.3) is 23.1 Å². The average Bonchev–Trinajstić information content (AvgIpc) is 2.60. The van der Waals surface area contributed by atoms with E-state index < -0.39 is 22.1 Å². The second-order valence-electron chi connectivity index (χ2n) is 5.41. The molecule has 1 aromatic carbocycles. The number of aromatic amines is 1. The Morgan fingerprint density at radius 1 is 1.27 bits per heavy atom. The number of hydrogen-bond acceptors (Lipinski definition) is 6. The van der Waals surface area contributed by atoms with Crippen molar-refractivity contribution in [3.8, 4) is 5.75 Å². The van der Waals surface area contributed by atoms with Crippen molar-refractivity contribution in [1.29, 1.82) is 0 Å². The molecular formula is C16H16N4O6. The van der Waals surface area contributed by atoms with Crippen LogP contribution in [-0.2, 0) is 4.79 Å². The molecule has 2 amide bonds. The molecule has 10 nitrogen and oxygen atoms in total. The van der Waals surface area contributed by atoms with Gasteiger partial charge in [0, 0.05) is 25.8 Å². The summed E-state index contributed by atoms with van der Waals surface area (Å²) < 4.78 is 5.30. The molecule has 0 saturated carbocycles. The Balaban J connectivity index is 2.06. The van der Waals surface area contributed by atoms with Gasteiger partial charge in [0.15, 0.2) is 6.61 Å². The Morgan fingerprint density at radius 3 is 2.50 bits per heavy atom. The van der Waals surface area contributed by atoms with Crippen molar-refractivity contribution in [3.05, 3.63) is 62.6 Å². The molecule has 0 aliphatic heterocycles. The quantitative estimate of drug-likeness (QED) is 0.583. The minimum atomic E-state index is -0.786. The van der Waals surface area contributed by atoms with E-state index in [1.54, 1.807) is 14.1 Å². The van der Waals surface area contributed by atoms with Crippen LogP contribution >= 0.6 is 0 Å². The molecule has 0 aliphatic carbocycles. The first-order chi connectivity index (χ1) is 12.3. The van der Waals surface area contributed by atoms with Crippen molar-refractivity contribution in [1.82, 2.24) is 9.88 Å². The van der Waals surface area contributed by atoms with Gasteiger partial charge in [-0.05, 0) is 24.3 Å². The van der Waals surface area contributed by atoms with Crippen LogP contribution < -0.4 is 15.6 Å². The molecule has 2 N–H and O–H groups in total. The van der Waals surface area contributed by atoms with Crippen molar-refractivity contribution >= 4 is 23.2 Å². The van der Waals surface area contributed by atoms with Crippen molar-refractivity contribution < 1.29 is 19.2 Å². The standard InChI is InChI=1S/C16H16N4O6/c1-19(2)14(21)9-26-12-5-3-10(4-6-12)18-16(23)13-7-11(20(24)25)8-17-15(13)22/h3-8H,9H2,1-2H3,(H,17,22)(H,18,23). The summed E-state index contributed by atoms with van der Waals surface area (Å²) >= 11 is 0. The number of hydrogen-bond donors (Lipinski definition) is 2. The largest absolute Gasteiger partial charge is 0.484 e. The molecule has 1 aromatic heterocycles. The summed E-state index contributed by atoms with van der Waals surface area (Å²) in [4.78, 5) is 48.9. The maximum absolute atomic E-state index is 12.1. The van der Waals surface area contributed by atoms with Crippen molar-refractivity contribution in [2.45, 2.75) is 0 Å². The summed E-state index contributed by atoms with van der Waals surface area (Å²) in [6.07, 6.45) is 0.917. The first kappa shape index (κ1) is 18.6. The maximum atomic E-state index is 12.1. The monoisotopic (exact) mass is 360 g/mol. The van der Waals surface area contributed by atoms with Gasteiger partial charge in [-0.2, -0.15) is 0 Å². The van der Waals surface area contributed by atoms with Gasteiger partial charge >= 0.3 is 0 Å². The normalized spacial score (nSPS) is 10.1. The third-order valence-corrected chi connectivity index (χ3v) is 3.32. The van der Waals surface area contributed by atoms with E-state index in [-0.39, 0.29) is 18.1 Å². The van der Waals surface area contributed by atoms with Crippen LogP contribution in [0.2, 0.25) is 0 Å². The van der Waals surface area contributed by atoms with Crippen LogP contribution in [0.5, 0.6) is 5.75 Å². The van der Waals surface area contributed by atoms with Gasteiger partial charge in [-0.25, -0.2) is 0 Å². The van der Waals surface area contributed by atoms with E-state index in [1.807, 2.05) is 0 Å². The number of H-pyrrole nitrogens is 1. The molecule has 0 spiro atoms. The number of carbonyl (C=O) groups is 2. The lowest BCUT2D eigenvalue weighted by molar-refractivity contribution is -0.385. The predicted molar refractivity (Wildman–Crippen MR) is 92.3 cm³/mol. The van der Waals surface area contributed by atoms with Gasteiger partial charge in [0.1, 0.15) is 11.3 Å². The van der Waals surface area contributed by atoms with Crippen LogP contribution in [-0.4, -0.2) is 47.3 Å². The number of likely N-dealkylation sites (N-methyl/N-ethyl adjacent to an activating group) is 1. The fraction of sp³-hybridized carbons (Fsp3) is 0.188. The van der Waals surface area contributed by atoms with Gasteiger partial charge in [-0.3, -0.25) is 24.5 Å². The summed E-state index contributed by atoms with van der Waals surface area (Å²) in [5.41, 5.74) is -1.16. The average molecular weight is 360 g/mol. The molecule has 0 unspecified atom stereocenters. The Hall–Kier alpha value is -3.69. The summed E-state index contributed by atoms with van der Waals surface area (Å²) in [5.74, 6) is -0.565. The van der Waals surface area contributed by atoms with Gasteiger partial charge in [-0.15, -0.1) is 0 Å². The van der Waals surface area contributed by atoms with Crippen LogP contribution in [0.4, 0.5) is 11.4 Å². The molecule has 0 fully saturated rings. The van der Waals surface area contributed by atoms with Gasteiger partial charge < -0.3 is 19.9 Å². The first-order valence-corrected chi connectivity index (χ1v) is 7.39. The lowest BCUT2D eigenvalue weighted by Gasteiger charge is -2.11. The van der Waals surface area contributed by atoms with Crippen LogP contribution in [0.15, 0.2) is 41.3 Å². The fourth-order valence-electron chi connectivity index (χ4n) is 1.85. The van der Waals surface area contributed by atoms with E-state index in [4.69, 9.17) is 4.74 Å². The van der Waals surface area contributed by atoms with Gasteiger partial charge in [-0.1, -0.05) is 0 Å². The van der Waals surface area contributed by atoms with Crippen LogP contribution in [0.1, 0.15) is 10.4 Å². The smallest absolute Gasteiger partial charge is 0.286 e. The molecule has 0 aliphatic rings. The zero-order valence-corrected chi connectivity index (χ0v) is 14.0. The van der Waals surface area contributed by atoms with E-state index in [0.717, 1.165) is 12.3 Å². The fourth-order valence-corrected chi connectivity index (χ4v) is 1.85. The molecule has 2 aromatic rings. The number of amides is 2. The Labute approximate surface area is 147 Å². The molecule has 2 rings (SSSR count). The van der Waals surface area contributed by atoms with E-state index in [0.29, 0.717) is 11.4 Å².